The van der Waals surface area contributed by atoms with Crippen LogP contribution in [0.25, 0.3) is 5.57 Å². The van der Waals surface area contributed by atoms with Gasteiger partial charge in [-0.2, -0.15) is 0 Å². The topological polar surface area (TPSA) is 25.8 Å². The maximum atomic E-state index is 4.06. The Kier molecular flexibility index (Phi) is 3.20. The molecule has 11 heavy (non-hydrogen) atoms. The lowest BCUT2D eigenvalue weighted by Crippen LogP contribution is -1.92. The summed E-state index contributed by atoms with van der Waals surface area (Å²) >= 11 is 6.53. The summed E-state index contributed by atoms with van der Waals surface area (Å²) in [7, 11) is 0. The summed E-state index contributed by atoms with van der Waals surface area (Å²) in [6, 6.07) is 0. The van der Waals surface area contributed by atoms with Gasteiger partial charge in [-0.3, -0.25) is 0 Å². The molecule has 58 valence electrons. The molecule has 1 aromatic heterocycles. The lowest BCUT2D eigenvalue weighted by atomic mass is 10.3. The molecular weight excluding hydrogens is 272 g/mol. The molecule has 0 aliphatic carbocycles. The van der Waals surface area contributed by atoms with Crippen LogP contribution in [0.1, 0.15) is 5.82 Å². The summed E-state index contributed by atoms with van der Waals surface area (Å²) in [5, 5.41) is 0.703. The normalized spacial score (nSPS) is 9.64. The molecule has 0 fully saturated rings. The Labute approximate surface area is 82.0 Å². The van der Waals surface area contributed by atoms with E-state index in [1.807, 2.05) is 0 Å². The molecule has 0 radical (unpaired) electrons. The summed E-state index contributed by atoms with van der Waals surface area (Å²) in [5.74, 6) is 0.685. The molecule has 0 saturated heterocycles. The van der Waals surface area contributed by atoms with Gasteiger partial charge in [0.15, 0.2) is 5.82 Å². The quantitative estimate of drug-likeness (QED) is 0.777. The molecule has 0 aromatic carbocycles. The van der Waals surface area contributed by atoms with Crippen molar-refractivity contribution in [1.29, 1.82) is 0 Å². The largest absolute Gasteiger partial charge is 0.236 e. The van der Waals surface area contributed by atoms with E-state index in [1.54, 1.807) is 12.4 Å². The van der Waals surface area contributed by atoms with E-state index in [1.165, 1.54) is 0 Å². The fraction of sp³-hybridized carbons (Fsp3) is 0.143. The van der Waals surface area contributed by atoms with E-state index in [4.69, 9.17) is 0 Å². The lowest BCUT2D eigenvalue weighted by Gasteiger charge is -1.97. The van der Waals surface area contributed by atoms with Gasteiger partial charge in [0.2, 0.25) is 0 Å². The maximum Gasteiger partial charge on any atom is 0.155 e. The van der Waals surface area contributed by atoms with E-state index in [9.17, 15) is 0 Å². The molecule has 0 amide bonds. The Bertz CT molecular complexity index is 256. The number of rotatable bonds is 2. The molecule has 0 N–H and O–H groups in total. The van der Waals surface area contributed by atoms with Crippen molar-refractivity contribution in [2.24, 2.45) is 0 Å². The summed E-state index contributed by atoms with van der Waals surface area (Å²) < 4.78 is 0.878. The molecule has 0 saturated carbocycles. The number of alkyl halides is 1. The molecule has 0 spiro atoms. The summed E-state index contributed by atoms with van der Waals surface area (Å²) in [4.78, 5) is 8.12. The molecular formula is C7H6Br2N2. The second-order valence-electron chi connectivity index (χ2n) is 1.96. The van der Waals surface area contributed by atoms with Gasteiger partial charge in [0.25, 0.3) is 0 Å². The third-order valence-corrected chi connectivity index (χ3v) is 2.18. The Morgan fingerprint density at radius 2 is 2.00 bits per heavy atom. The van der Waals surface area contributed by atoms with Gasteiger partial charge in [0.05, 0.1) is 4.47 Å². The highest BCUT2D eigenvalue weighted by atomic mass is 79.9. The van der Waals surface area contributed by atoms with Crippen LogP contribution in [0.2, 0.25) is 0 Å². The van der Waals surface area contributed by atoms with Gasteiger partial charge in [-0.05, 0) is 15.9 Å². The summed E-state index contributed by atoms with van der Waals surface area (Å²) in [6.45, 7) is 3.79. The van der Waals surface area contributed by atoms with E-state index in [0.717, 1.165) is 10.0 Å². The van der Waals surface area contributed by atoms with Crippen LogP contribution in [-0.4, -0.2) is 15.3 Å². The van der Waals surface area contributed by atoms with Crippen molar-refractivity contribution >= 4 is 37.4 Å². The molecule has 1 aromatic rings. The predicted molar refractivity (Wildman–Crippen MR) is 52.6 cm³/mol. The van der Waals surface area contributed by atoms with Crippen molar-refractivity contribution in [3.63, 3.8) is 0 Å². The average Bonchev–Trinajstić information content (AvgIpc) is 2.05. The highest BCUT2D eigenvalue weighted by molar-refractivity contribution is 9.10. The van der Waals surface area contributed by atoms with Gasteiger partial charge in [-0.25, -0.2) is 9.97 Å². The second-order valence-corrected chi connectivity index (χ2v) is 3.44. The Morgan fingerprint density at radius 3 is 2.45 bits per heavy atom. The van der Waals surface area contributed by atoms with Crippen LogP contribution < -0.4 is 0 Å². The standard InChI is InChI=1S/C7H6Br2N2/c1-5(2-8)7-10-3-6(9)4-11-7/h3-4H,1-2H2. The van der Waals surface area contributed by atoms with E-state index in [0.29, 0.717) is 11.2 Å². The molecule has 4 heteroatoms. The molecule has 0 bridgehead atoms. The number of allylic oxidation sites excluding steroid dienone is 1. The zero-order valence-corrected chi connectivity index (χ0v) is 8.89. The first kappa shape index (κ1) is 8.87. The Morgan fingerprint density at radius 1 is 1.45 bits per heavy atom. The lowest BCUT2D eigenvalue weighted by molar-refractivity contribution is 1.10. The van der Waals surface area contributed by atoms with Crippen molar-refractivity contribution in [3.8, 4) is 0 Å². The second kappa shape index (κ2) is 3.97. The highest BCUT2D eigenvalue weighted by Crippen LogP contribution is 2.11. The molecule has 1 rings (SSSR count). The average molecular weight is 278 g/mol. The first-order valence-electron chi connectivity index (χ1n) is 2.95. The molecule has 0 unspecified atom stereocenters. The predicted octanol–water partition coefficient (Wildman–Crippen LogP) is 2.65. The third kappa shape index (κ3) is 2.38. The van der Waals surface area contributed by atoms with Crippen LogP contribution in [-0.2, 0) is 0 Å². The zero-order valence-electron chi connectivity index (χ0n) is 5.72. The molecule has 2 nitrogen and oxygen atoms in total. The highest BCUT2D eigenvalue weighted by Gasteiger charge is 1.98. The fourth-order valence-electron chi connectivity index (χ4n) is 0.555. The molecule has 0 aliphatic rings. The first-order valence-corrected chi connectivity index (χ1v) is 4.87. The number of aromatic nitrogens is 2. The Balaban J connectivity index is 2.90. The van der Waals surface area contributed by atoms with Gasteiger partial charge in [0.1, 0.15) is 0 Å². The minimum absolute atomic E-state index is 0.685. The summed E-state index contributed by atoms with van der Waals surface area (Å²) in [6.07, 6.45) is 3.41. The van der Waals surface area contributed by atoms with Crippen LogP contribution in [0.15, 0.2) is 23.4 Å². The minimum atomic E-state index is 0.685. The Hall–Kier alpha value is -0.220. The van der Waals surface area contributed by atoms with Crippen LogP contribution in [0, 0.1) is 0 Å². The van der Waals surface area contributed by atoms with Crippen molar-refractivity contribution in [1.82, 2.24) is 9.97 Å². The monoisotopic (exact) mass is 276 g/mol. The SMILES string of the molecule is C=C(CBr)c1ncc(Br)cn1. The smallest absolute Gasteiger partial charge is 0.155 e. The van der Waals surface area contributed by atoms with Gasteiger partial charge in [-0.15, -0.1) is 0 Å². The van der Waals surface area contributed by atoms with Crippen molar-refractivity contribution in [2.75, 3.05) is 5.33 Å². The van der Waals surface area contributed by atoms with Crippen LogP contribution in [0.3, 0.4) is 0 Å². The van der Waals surface area contributed by atoms with E-state index >= 15 is 0 Å². The van der Waals surface area contributed by atoms with Gasteiger partial charge >= 0.3 is 0 Å². The van der Waals surface area contributed by atoms with Crippen molar-refractivity contribution in [2.45, 2.75) is 0 Å². The number of hydrogen-bond donors (Lipinski definition) is 0. The minimum Gasteiger partial charge on any atom is -0.236 e. The van der Waals surface area contributed by atoms with E-state index in [-0.39, 0.29) is 0 Å². The maximum absolute atomic E-state index is 4.06. The molecule has 0 atom stereocenters. The van der Waals surface area contributed by atoms with Gasteiger partial charge in [-0.1, -0.05) is 22.5 Å². The van der Waals surface area contributed by atoms with E-state index in [2.05, 4.69) is 48.4 Å². The van der Waals surface area contributed by atoms with Crippen LogP contribution in [0.5, 0.6) is 0 Å². The molecule has 1 heterocycles. The van der Waals surface area contributed by atoms with Crippen molar-refractivity contribution < 1.29 is 0 Å². The van der Waals surface area contributed by atoms with Crippen molar-refractivity contribution in [3.05, 3.63) is 29.3 Å². The van der Waals surface area contributed by atoms with Crippen LogP contribution in [0.4, 0.5) is 0 Å². The van der Waals surface area contributed by atoms with Crippen LogP contribution >= 0.6 is 31.9 Å². The van der Waals surface area contributed by atoms with E-state index < -0.39 is 0 Å². The third-order valence-electron chi connectivity index (χ3n) is 1.10. The first-order chi connectivity index (χ1) is 5.24. The zero-order chi connectivity index (χ0) is 8.27. The number of halogens is 2. The molecule has 0 aliphatic heterocycles. The van der Waals surface area contributed by atoms with Gasteiger partial charge < -0.3 is 0 Å². The fourth-order valence-corrected chi connectivity index (χ4v) is 1.01. The number of hydrogen-bond acceptors (Lipinski definition) is 2. The van der Waals surface area contributed by atoms with Gasteiger partial charge in [0, 0.05) is 23.3 Å². The number of nitrogens with zero attached hydrogens (tertiary/aromatic N) is 2. The summed E-state index contributed by atoms with van der Waals surface area (Å²) in [5.41, 5.74) is 0.887.